The fraction of sp³-hybridized carbons (Fsp3) is 0.120. The molecular formula is C25H22ClN3Na2O15S3. The van der Waals surface area contributed by atoms with E-state index >= 15 is 0 Å². The van der Waals surface area contributed by atoms with Gasteiger partial charge in [0.25, 0.3) is 10.1 Å². The second-order valence-corrected chi connectivity index (χ2v) is 13.6. The van der Waals surface area contributed by atoms with Crippen LogP contribution in [0.2, 0.25) is 0 Å². The average molecular weight is 782 g/mol. The maximum Gasteiger partial charge on any atom is 1.00 e. The van der Waals surface area contributed by atoms with Crippen molar-refractivity contribution in [2.24, 2.45) is 0 Å². The first kappa shape index (κ1) is 46.5. The maximum absolute atomic E-state index is 10.6. The molecule has 0 saturated heterocycles. The van der Waals surface area contributed by atoms with E-state index < -0.39 is 47.0 Å². The quantitative estimate of drug-likeness (QED) is 0.0886. The Kier molecular flexibility index (Phi) is 19.4. The summed E-state index contributed by atoms with van der Waals surface area (Å²) in [5, 5.41) is 21.3. The number of carboxylic acid groups (broad SMARTS) is 1. The van der Waals surface area contributed by atoms with E-state index in [4.69, 9.17) is 36.2 Å². The SMILES string of the molecule is O=C(O)Cc1noc2ccccc12.O=S(=O)(O)Cc1noc2ccccc12.O=S(=O)(O)Cl.O=S(=O)([O-])Cc1noc2ccccc12.[Na+].[Na+].[OH-]. The van der Waals surface area contributed by atoms with Crippen molar-refractivity contribution < 1.29 is 127 Å². The van der Waals surface area contributed by atoms with Gasteiger partial charge in [-0.15, -0.1) is 0 Å². The van der Waals surface area contributed by atoms with Crippen LogP contribution in [0.4, 0.5) is 0 Å². The molecule has 0 saturated carbocycles. The van der Waals surface area contributed by atoms with Gasteiger partial charge >= 0.3 is 74.4 Å². The van der Waals surface area contributed by atoms with E-state index in [-0.39, 0.29) is 82.4 Å². The second-order valence-electron chi connectivity index (χ2n) is 8.79. The minimum atomic E-state index is -4.31. The molecule has 0 fully saturated rings. The monoisotopic (exact) mass is 781 g/mol. The van der Waals surface area contributed by atoms with Crippen molar-refractivity contribution in [2.45, 2.75) is 17.9 Å². The van der Waals surface area contributed by atoms with Crippen molar-refractivity contribution in [1.82, 2.24) is 15.5 Å². The molecule has 0 aliphatic carbocycles. The summed E-state index contributed by atoms with van der Waals surface area (Å²) in [6.07, 6.45) is -0.100. The third kappa shape index (κ3) is 16.9. The van der Waals surface area contributed by atoms with Crippen molar-refractivity contribution in [3.63, 3.8) is 0 Å². The summed E-state index contributed by atoms with van der Waals surface area (Å²) in [7, 11) is -8.51. The largest absolute Gasteiger partial charge is 1.00 e. The molecule has 3 aromatic carbocycles. The molecule has 0 bridgehead atoms. The van der Waals surface area contributed by atoms with Gasteiger partial charge in [-0.2, -0.15) is 16.8 Å². The standard InChI is InChI=1S/C9H7NO3.2C8H7NO4S.ClHO3S.2Na.H2O/c11-9(12)5-7-6-3-1-2-4-8(6)13-10-7;2*10-14(11,12)5-7-6-3-1-2-4-8(6)13-9-7;1-5(2,3)4;;;/h1-4H,5H2,(H,11,12);2*1-4H,5H2,(H,10,11,12);(H,2,3,4);;;1H2/q;;;;2*+1;/p-2. The van der Waals surface area contributed by atoms with Crippen molar-refractivity contribution >= 4 is 79.1 Å². The predicted molar refractivity (Wildman–Crippen MR) is 161 cm³/mol. The summed E-state index contributed by atoms with van der Waals surface area (Å²) >= 11 is 0. The Morgan fingerprint density at radius 2 is 0.959 bits per heavy atom. The van der Waals surface area contributed by atoms with Crippen LogP contribution in [0.1, 0.15) is 17.1 Å². The Hall–Kier alpha value is -2.48. The number of carboxylic acids is 1. The van der Waals surface area contributed by atoms with Crippen molar-refractivity contribution in [3.8, 4) is 0 Å². The van der Waals surface area contributed by atoms with Crippen LogP contribution in [0, 0.1) is 0 Å². The van der Waals surface area contributed by atoms with Gasteiger partial charge in [-0.05, 0) is 36.4 Å². The fourth-order valence-electron chi connectivity index (χ4n) is 3.63. The van der Waals surface area contributed by atoms with E-state index in [0.717, 1.165) is 5.39 Å². The van der Waals surface area contributed by atoms with E-state index in [9.17, 15) is 26.2 Å². The Morgan fingerprint density at radius 3 is 1.29 bits per heavy atom. The molecule has 254 valence electrons. The van der Waals surface area contributed by atoms with Crippen LogP contribution in [0.25, 0.3) is 32.9 Å². The van der Waals surface area contributed by atoms with Crippen molar-refractivity contribution in [1.29, 1.82) is 0 Å². The molecule has 24 heteroatoms. The summed E-state index contributed by atoms with van der Waals surface area (Å²) < 4.78 is 101. The van der Waals surface area contributed by atoms with Crippen LogP contribution in [0.5, 0.6) is 0 Å². The Morgan fingerprint density at radius 1 is 0.653 bits per heavy atom. The molecule has 0 atom stereocenters. The number of aliphatic carboxylic acids is 1. The first-order valence-corrected chi connectivity index (χ1v) is 17.6. The van der Waals surface area contributed by atoms with Gasteiger partial charge in [-0.3, -0.25) is 13.9 Å². The van der Waals surface area contributed by atoms with Crippen LogP contribution < -0.4 is 59.1 Å². The van der Waals surface area contributed by atoms with Gasteiger partial charge in [0, 0.05) is 26.8 Å². The summed E-state index contributed by atoms with van der Waals surface area (Å²) in [5.74, 6) is -2.06. The Labute approximate surface area is 326 Å². The summed E-state index contributed by atoms with van der Waals surface area (Å²) in [6, 6.07) is 20.8. The number of benzene rings is 3. The van der Waals surface area contributed by atoms with Crippen LogP contribution >= 0.6 is 10.7 Å². The molecule has 6 aromatic rings. The molecule has 0 unspecified atom stereocenters. The van der Waals surface area contributed by atoms with E-state index in [2.05, 4.69) is 26.2 Å². The van der Waals surface area contributed by atoms with E-state index in [1.807, 2.05) is 12.1 Å². The molecule has 0 aliphatic heterocycles. The Bertz CT molecular complexity index is 2180. The number of aromatic nitrogens is 3. The number of hydrogen-bond donors (Lipinski definition) is 3. The maximum atomic E-state index is 10.6. The Balaban J connectivity index is 0.000000642. The van der Waals surface area contributed by atoms with Crippen molar-refractivity contribution in [3.05, 3.63) is 89.9 Å². The first-order chi connectivity index (χ1) is 21.4. The molecule has 0 spiro atoms. The molecule has 4 N–H and O–H groups in total. The molecule has 0 amide bonds. The molecule has 0 aliphatic rings. The molecular weight excluding hydrogens is 760 g/mol. The van der Waals surface area contributed by atoms with Gasteiger partial charge in [-0.1, -0.05) is 51.9 Å². The number of fused-ring (bicyclic) bond motifs is 3. The number of rotatable bonds is 6. The van der Waals surface area contributed by atoms with E-state index in [0.29, 0.717) is 33.2 Å². The third-order valence-electron chi connectivity index (χ3n) is 5.31. The summed E-state index contributed by atoms with van der Waals surface area (Å²) in [5.41, 5.74) is 2.47. The zero-order valence-corrected chi connectivity index (χ0v) is 32.5. The minimum Gasteiger partial charge on any atom is -0.870 e. The van der Waals surface area contributed by atoms with Crippen LogP contribution in [0.15, 0.2) is 86.4 Å². The number of carbonyl (C=O) groups is 1. The zero-order valence-electron chi connectivity index (χ0n) is 25.3. The number of halogens is 1. The number of hydrogen-bond acceptors (Lipinski definition) is 15. The molecule has 49 heavy (non-hydrogen) atoms. The molecule has 18 nitrogen and oxygen atoms in total. The second kappa shape index (κ2) is 20.4. The van der Waals surface area contributed by atoms with Gasteiger partial charge in [0.2, 0.25) is 0 Å². The van der Waals surface area contributed by atoms with Gasteiger partial charge < -0.3 is 28.7 Å². The van der Waals surface area contributed by atoms with E-state index in [1.165, 1.54) is 0 Å². The first-order valence-electron chi connectivity index (χ1n) is 12.2. The van der Waals surface area contributed by atoms with Crippen LogP contribution in [0.3, 0.4) is 0 Å². The average Bonchev–Trinajstić information content (AvgIpc) is 3.65. The number of nitrogens with zero attached hydrogens (tertiary/aromatic N) is 3. The molecule has 6 rings (SSSR count). The predicted octanol–water partition coefficient (Wildman–Crippen LogP) is -2.60. The van der Waals surface area contributed by atoms with Gasteiger partial charge in [0.15, 0.2) is 16.7 Å². The van der Waals surface area contributed by atoms with Crippen LogP contribution in [-0.2, 0) is 52.3 Å². The van der Waals surface area contributed by atoms with Crippen LogP contribution in [-0.4, -0.2) is 70.9 Å². The fourth-order valence-corrected chi connectivity index (χ4v) is 4.73. The third-order valence-corrected chi connectivity index (χ3v) is 6.57. The normalized spacial score (nSPS) is 10.9. The molecule has 3 heterocycles. The minimum absolute atomic E-state index is 0. The molecule has 0 radical (unpaired) electrons. The summed E-state index contributed by atoms with van der Waals surface area (Å²) in [4.78, 5) is 10.4. The number of para-hydroxylation sites is 3. The smallest absolute Gasteiger partial charge is 0.870 e. The molecule has 3 aromatic heterocycles. The topological polar surface area (TPSA) is 311 Å². The summed E-state index contributed by atoms with van der Waals surface area (Å²) in [6.45, 7) is 0. The van der Waals surface area contributed by atoms with E-state index in [1.54, 1.807) is 60.7 Å². The zero-order chi connectivity index (χ0) is 34.1. The van der Waals surface area contributed by atoms with Crippen molar-refractivity contribution in [2.75, 3.05) is 0 Å². The van der Waals surface area contributed by atoms with Gasteiger partial charge in [0.05, 0.1) is 12.2 Å². The van der Waals surface area contributed by atoms with Gasteiger partial charge in [-0.25, -0.2) is 8.42 Å². The van der Waals surface area contributed by atoms with Gasteiger partial charge in [0.1, 0.15) is 33.0 Å².